The Morgan fingerprint density at radius 3 is 1.89 bits per heavy atom. The molecular formula is C34H32HfSi-2. The molecule has 0 heterocycles. The van der Waals surface area contributed by atoms with Crippen molar-refractivity contribution in [1.29, 1.82) is 0 Å². The minimum atomic E-state index is 0. The van der Waals surface area contributed by atoms with Gasteiger partial charge in [-0.1, -0.05) is 135 Å². The van der Waals surface area contributed by atoms with Gasteiger partial charge in [0.15, 0.2) is 0 Å². The molecule has 0 saturated carbocycles. The van der Waals surface area contributed by atoms with Crippen LogP contribution in [-0.4, -0.2) is 9.52 Å². The third-order valence-electron chi connectivity index (χ3n) is 6.21. The number of hydrogen-bond donors (Lipinski definition) is 0. The van der Waals surface area contributed by atoms with Gasteiger partial charge in [-0.15, -0.1) is 46.2 Å². The minimum Gasteiger partial charge on any atom is -0.266 e. The molecule has 1 aliphatic carbocycles. The van der Waals surface area contributed by atoms with Gasteiger partial charge in [0, 0.05) is 35.4 Å². The zero-order chi connectivity index (χ0) is 24.6. The van der Waals surface area contributed by atoms with Crippen LogP contribution in [0.3, 0.4) is 0 Å². The second kappa shape index (κ2) is 13.6. The van der Waals surface area contributed by atoms with Crippen LogP contribution < -0.4 is 0 Å². The van der Waals surface area contributed by atoms with Crippen molar-refractivity contribution in [3.05, 3.63) is 132 Å². The largest absolute Gasteiger partial charge is 0.266 e. The van der Waals surface area contributed by atoms with E-state index < -0.39 is 0 Å². The van der Waals surface area contributed by atoms with Crippen LogP contribution in [0.15, 0.2) is 115 Å². The molecule has 5 aromatic rings. The van der Waals surface area contributed by atoms with E-state index in [1.165, 1.54) is 49.7 Å². The van der Waals surface area contributed by atoms with Crippen LogP contribution in [0.2, 0.25) is 13.1 Å². The minimum absolute atomic E-state index is 0. The molecule has 178 valence electrons. The number of allylic oxidation sites excluding steroid dienone is 2. The second-order valence-electron chi connectivity index (χ2n) is 8.86. The summed E-state index contributed by atoms with van der Waals surface area (Å²) in [4.78, 5) is 0. The first kappa shape index (κ1) is 27.9. The van der Waals surface area contributed by atoms with E-state index in [1.54, 1.807) is 0 Å². The maximum atomic E-state index is 3.40. The molecule has 1 atom stereocenters. The maximum absolute atomic E-state index is 3.40. The first-order chi connectivity index (χ1) is 17.1. The quantitative estimate of drug-likeness (QED) is 0.132. The number of hydrogen-bond acceptors (Lipinski definition) is 0. The van der Waals surface area contributed by atoms with E-state index in [4.69, 9.17) is 0 Å². The zero-order valence-electron chi connectivity index (χ0n) is 21.5. The number of rotatable bonds is 2. The Balaban J connectivity index is 0.000000203. The molecule has 0 fully saturated rings. The van der Waals surface area contributed by atoms with Crippen molar-refractivity contribution in [2.75, 3.05) is 0 Å². The van der Waals surface area contributed by atoms with E-state index in [-0.39, 0.29) is 25.8 Å². The van der Waals surface area contributed by atoms with Crippen molar-refractivity contribution in [3.8, 4) is 22.3 Å². The molecule has 36 heavy (non-hydrogen) atoms. The second-order valence-corrected chi connectivity index (χ2v) is 9.86. The van der Waals surface area contributed by atoms with Crippen LogP contribution in [0.5, 0.6) is 0 Å². The average Bonchev–Trinajstić information content (AvgIpc) is 3.47. The molecule has 5 aromatic carbocycles. The monoisotopic (exact) mass is 648 g/mol. The molecular weight excluding hydrogens is 615 g/mol. The van der Waals surface area contributed by atoms with Crippen LogP contribution in [0, 0.1) is 6.08 Å². The fraction of sp³-hybridized carbons (Fsp3) is 0.147. The van der Waals surface area contributed by atoms with Gasteiger partial charge in [-0.3, -0.25) is 6.08 Å². The first-order valence-electron chi connectivity index (χ1n) is 12.2. The van der Waals surface area contributed by atoms with E-state index in [2.05, 4.69) is 148 Å². The average molecular weight is 647 g/mol. The number of fused-ring (bicyclic) bond motifs is 2. The van der Waals surface area contributed by atoms with Crippen LogP contribution in [0.4, 0.5) is 0 Å². The van der Waals surface area contributed by atoms with Crippen molar-refractivity contribution in [3.63, 3.8) is 0 Å². The third kappa shape index (κ3) is 6.54. The summed E-state index contributed by atoms with van der Waals surface area (Å²) >= 11 is 0. The van der Waals surface area contributed by atoms with Gasteiger partial charge in [0.25, 0.3) is 0 Å². The summed E-state index contributed by atoms with van der Waals surface area (Å²) in [6, 6.07) is 40.8. The predicted molar refractivity (Wildman–Crippen MR) is 155 cm³/mol. The molecule has 0 spiro atoms. The van der Waals surface area contributed by atoms with Crippen molar-refractivity contribution in [2.45, 2.75) is 32.9 Å². The zero-order valence-corrected chi connectivity index (χ0v) is 26.1. The van der Waals surface area contributed by atoms with Crippen LogP contribution in [0.1, 0.15) is 30.9 Å². The fourth-order valence-corrected chi connectivity index (χ4v) is 4.60. The molecule has 0 aromatic heterocycles. The summed E-state index contributed by atoms with van der Waals surface area (Å²) in [6.07, 6.45) is 3.40. The smallest absolute Gasteiger partial charge is 0.0307 e. The molecule has 1 aliphatic rings. The summed E-state index contributed by atoms with van der Waals surface area (Å²) in [5, 5.41) is 2.62. The van der Waals surface area contributed by atoms with Gasteiger partial charge in [0.1, 0.15) is 0 Å². The van der Waals surface area contributed by atoms with E-state index in [0.29, 0.717) is 5.92 Å². The van der Waals surface area contributed by atoms with Gasteiger partial charge < -0.3 is 0 Å². The van der Waals surface area contributed by atoms with Gasteiger partial charge in [-0.2, -0.15) is 5.56 Å². The van der Waals surface area contributed by atoms with Crippen LogP contribution >= 0.6 is 0 Å². The topological polar surface area (TPSA) is 0 Å². The Kier molecular flexibility index (Phi) is 10.5. The summed E-state index contributed by atoms with van der Waals surface area (Å²) in [6.45, 7) is 8.62. The maximum Gasteiger partial charge on any atom is 0.0307 e. The van der Waals surface area contributed by atoms with Crippen molar-refractivity contribution >= 4 is 25.9 Å². The van der Waals surface area contributed by atoms with Gasteiger partial charge in [0.05, 0.1) is 0 Å². The molecule has 2 radical (unpaired) electrons. The summed E-state index contributed by atoms with van der Waals surface area (Å²) < 4.78 is 0. The van der Waals surface area contributed by atoms with E-state index in [0.717, 1.165) is 9.52 Å². The van der Waals surface area contributed by atoms with Gasteiger partial charge in [0.2, 0.25) is 0 Å². The van der Waals surface area contributed by atoms with Gasteiger partial charge >= 0.3 is 0 Å². The summed E-state index contributed by atoms with van der Waals surface area (Å²) in [5.74, 6) is 0.492. The molecule has 0 bridgehead atoms. The molecule has 0 nitrogen and oxygen atoms in total. The van der Waals surface area contributed by atoms with Crippen LogP contribution in [0.25, 0.3) is 38.6 Å². The third-order valence-corrected chi connectivity index (χ3v) is 6.21. The van der Waals surface area contributed by atoms with E-state index in [9.17, 15) is 0 Å². The fourth-order valence-electron chi connectivity index (χ4n) is 4.60. The summed E-state index contributed by atoms with van der Waals surface area (Å²) in [5.41, 5.74) is 9.23. The Hall–Kier alpha value is -2.68. The molecule has 0 saturated heterocycles. The SMILES string of the molecule is CC1=[C-]C(C)c2ccccc21.C[Si]C.[Hf].c1ccc(-c2cc3c(-c4ccccc4)cccc3[cH-]2)cc1. The van der Waals surface area contributed by atoms with Crippen molar-refractivity contribution < 1.29 is 25.8 Å². The van der Waals surface area contributed by atoms with Crippen LogP contribution in [-0.2, 0) is 25.8 Å². The molecule has 1 unspecified atom stereocenters. The Morgan fingerprint density at radius 2 is 1.25 bits per heavy atom. The van der Waals surface area contributed by atoms with E-state index >= 15 is 0 Å². The van der Waals surface area contributed by atoms with E-state index in [1.807, 2.05) is 0 Å². The Bertz CT molecular complexity index is 1400. The molecule has 0 N–H and O–H groups in total. The first-order valence-corrected chi connectivity index (χ1v) is 14.2. The van der Waals surface area contributed by atoms with Crippen molar-refractivity contribution in [1.82, 2.24) is 0 Å². The van der Waals surface area contributed by atoms with Gasteiger partial charge in [-0.05, 0) is 5.56 Å². The molecule has 0 amide bonds. The Morgan fingerprint density at radius 1 is 0.694 bits per heavy atom. The van der Waals surface area contributed by atoms with Gasteiger partial charge in [-0.25, -0.2) is 5.57 Å². The normalized spacial score (nSPS) is 13.3. The standard InChI is InChI=1S/C21H15.C11H11.C2H6Si.Hf/c1-3-8-16(9-4-1)19-14-18-12-7-13-20(21(18)15-19)17-10-5-2-6-11-17;1-8-7-9(2)11-6-4-3-5-10(8)11;1-3-2;/h1-15H;3-6,8H,1-2H3;1-2H3;/q2*-1;;. The summed E-state index contributed by atoms with van der Waals surface area (Å²) in [7, 11) is 1.08. The molecule has 2 heteroatoms. The number of benzene rings is 4. The predicted octanol–water partition coefficient (Wildman–Crippen LogP) is 9.69. The molecule has 6 rings (SSSR count). The van der Waals surface area contributed by atoms with Crippen molar-refractivity contribution in [2.24, 2.45) is 0 Å². The molecule has 0 aliphatic heterocycles. The Labute approximate surface area is 238 Å².